The lowest BCUT2D eigenvalue weighted by Crippen LogP contribution is -2.39. The molecule has 8 heteroatoms. The van der Waals surface area contributed by atoms with Crippen LogP contribution in [-0.4, -0.2) is 47.2 Å². The van der Waals surface area contributed by atoms with Crippen LogP contribution in [0.2, 0.25) is 0 Å². The molecule has 0 spiro atoms. The van der Waals surface area contributed by atoms with Gasteiger partial charge in [-0.15, -0.1) is 5.10 Å². The summed E-state index contributed by atoms with van der Waals surface area (Å²) in [6.07, 6.45) is 3.90. The summed E-state index contributed by atoms with van der Waals surface area (Å²) in [5, 5.41) is 11.8. The Labute approximate surface area is 174 Å². The molecule has 2 aromatic heterocycles. The van der Waals surface area contributed by atoms with E-state index in [0.717, 1.165) is 42.7 Å². The Balaban J connectivity index is 1.52. The fourth-order valence-corrected chi connectivity index (χ4v) is 4.13. The Bertz CT molecular complexity index is 1100. The molecule has 3 heterocycles. The molecule has 1 amide bonds. The first-order chi connectivity index (χ1) is 14.5. The molecule has 8 nitrogen and oxygen atoms in total. The molecule has 1 N–H and O–H groups in total. The number of fused-ring (bicyclic) bond motifs is 1. The number of amides is 1. The Kier molecular flexibility index (Phi) is 5.76. The number of benzene rings is 1. The van der Waals surface area contributed by atoms with Gasteiger partial charge in [0.2, 0.25) is 5.91 Å². The maximum Gasteiger partial charge on any atom is 0.336 e. The third-order valence-electron chi connectivity index (χ3n) is 5.34. The van der Waals surface area contributed by atoms with Crippen molar-refractivity contribution in [3.63, 3.8) is 0 Å². The highest BCUT2D eigenvalue weighted by molar-refractivity contribution is 5.92. The topological polar surface area (TPSA) is 91.6 Å². The second kappa shape index (κ2) is 8.62. The summed E-state index contributed by atoms with van der Waals surface area (Å²) in [4.78, 5) is 27.9. The first kappa shape index (κ1) is 20.0. The van der Waals surface area contributed by atoms with E-state index in [2.05, 4.69) is 32.4 Å². The maximum absolute atomic E-state index is 12.1. The van der Waals surface area contributed by atoms with Crippen LogP contribution in [0.4, 0.5) is 11.5 Å². The normalized spacial score (nSPS) is 16.4. The average Bonchev–Trinajstić information content (AvgIpc) is 3.15. The SMILES string of the molecule is CC(=O)Nc1ccc2c(CN(C)CC3CCCN3c3cccnn3)cc(=O)oc2c1. The number of anilines is 2. The summed E-state index contributed by atoms with van der Waals surface area (Å²) in [6, 6.07) is 11.2. The summed E-state index contributed by atoms with van der Waals surface area (Å²) < 4.78 is 5.37. The molecule has 1 aliphatic heterocycles. The molecule has 30 heavy (non-hydrogen) atoms. The van der Waals surface area contributed by atoms with Crippen LogP contribution in [0.1, 0.15) is 25.3 Å². The standard InChI is InChI=1S/C22H25N5O3/c1-15(28)24-17-7-8-19-16(11-22(29)30-20(19)12-17)13-26(2)14-18-5-4-10-27(18)21-6-3-9-23-25-21/h3,6-9,11-12,18H,4-5,10,13-14H2,1-2H3,(H,24,28). The lowest BCUT2D eigenvalue weighted by atomic mass is 10.1. The minimum atomic E-state index is -0.395. The zero-order valence-electron chi connectivity index (χ0n) is 17.2. The van der Waals surface area contributed by atoms with Crippen LogP contribution in [0, 0.1) is 0 Å². The van der Waals surface area contributed by atoms with Gasteiger partial charge in [0, 0.05) is 62.0 Å². The molecule has 0 radical (unpaired) electrons. The van der Waals surface area contributed by atoms with Crippen molar-refractivity contribution in [2.24, 2.45) is 0 Å². The van der Waals surface area contributed by atoms with E-state index in [1.807, 2.05) is 24.3 Å². The van der Waals surface area contributed by atoms with Crippen molar-refractivity contribution in [1.82, 2.24) is 15.1 Å². The van der Waals surface area contributed by atoms with Gasteiger partial charge in [0.05, 0.1) is 0 Å². The third kappa shape index (κ3) is 4.49. The fourth-order valence-electron chi connectivity index (χ4n) is 4.13. The van der Waals surface area contributed by atoms with Crippen LogP contribution < -0.4 is 15.8 Å². The van der Waals surface area contributed by atoms with Crippen molar-refractivity contribution in [3.05, 3.63) is 58.6 Å². The van der Waals surface area contributed by atoms with Gasteiger partial charge in [-0.05, 0) is 49.7 Å². The molecular weight excluding hydrogens is 382 g/mol. The monoisotopic (exact) mass is 407 g/mol. The van der Waals surface area contributed by atoms with Crippen LogP contribution in [0.5, 0.6) is 0 Å². The maximum atomic E-state index is 12.1. The summed E-state index contributed by atoms with van der Waals surface area (Å²) in [5.74, 6) is 0.738. The zero-order valence-corrected chi connectivity index (χ0v) is 17.2. The molecule has 1 fully saturated rings. The minimum absolute atomic E-state index is 0.170. The molecule has 0 aliphatic carbocycles. The second-order valence-electron chi connectivity index (χ2n) is 7.75. The van der Waals surface area contributed by atoms with Gasteiger partial charge < -0.3 is 19.5 Å². The smallest absolute Gasteiger partial charge is 0.336 e. The molecule has 0 bridgehead atoms. The molecule has 1 atom stereocenters. The highest BCUT2D eigenvalue weighted by Crippen LogP contribution is 2.25. The van der Waals surface area contributed by atoms with Crippen LogP contribution in [0.15, 0.2) is 51.8 Å². The van der Waals surface area contributed by atoms with Gasteiger partial charge >= 0.3 is 5.63 Å². The quantitative estimate of drug-likeness (QED) is 0.628. The van der Waals surface area contributed by atoms with Crippen molar-refractivity contribution in [3.8, 4) is 0 Å². The molecule has 1 unspecified atom stereocenters. The fraction of sp³-hybridized carbons (Fsp3) is 0.364. The first-order valence-corrected chi connectivity index (χ1v) is 10.1. The van der Waals surface area contributed by atoms with Gasteiger partial charge in [-0.3, -0.25) is 4.79 Å². The second-order valence-corrected chi connectivity index (χ2v) is 7.75. The Hall–Kier alpha value is -3.26. The number of carbonyl (C=O) groups is 1. The van der Waals surface area contributed by atoms with Crippen LogP contribution in [0.25, 0.3) is 11.0 Å². The largest absolute Gasteiger partial charge is 0.423 e. The van der Waals surface area contributed by atoms with Gasteiger partial charge in [0.1, 0.15) is 5.58 Å². The molecular formula is C22H25N5O3. The third-order valence-corrected chi connectivity index (χ3v) is 5.34. The molecule has 1 aliphatic rings. The van der Waals surface area contributed by atoms with E-state index < -0.39 is 5.63 Å². The Morgan fingerprint density at radius 1 is 1.33 bits per heavy atom. The molecule has 1 saturated heterocycles. The first-order valence-electron chi connectivity index (χ1n) is 10.1. The average molecular weight is 407 g/mol. The van der Waals surface area contributed by atoms with E-state index in [1.54, 1.807) is 18.3 Å². The number of hydrogen-bond acceptors (Lipinski definition) is 7. The molecule has 1 aromatic carbocycles. The van der Waals surface area contributed by atoms with Crippen LogP contribution in [0.3, 0.4) is 0 Å². The van der Waals surface area contributed by atoms with E-state index in [-0.39, 0.29) is 5.91 Å². The summed E-state index contributed by atoms with van der Waals surface area (Å²) in [6.45, 7) is 3.88. The van der Waals surface area contributed by atoms with E-state index in [9.17, 15) is 9.59 Å². The predicted molar refractivity (Wildman–Crippen MR) is 116 cm³/mol. The van der Waals surface area contributed by atoms with Crippen molar-refractivity contribution >= 4 is 28.4 Å². The van der Waals surface area contributed by atoms with Gasteiger partial charge in [-0.2, -0.15) is 5.10 Å². The van der Waals surface area contributed by atoms with E-state index >= 15 is 0 Å². The van der Waals surface area contributed by atoms with Gasteiger partial charge in [0.15, 0.2) is 5.82 Å². The molecule has 4 rings (SSSR count). The van der Waals surface area contributed by atoms with Crippen molar-refractivity contribution in [1.29, 1.82) is 0 Å². The summed E-state index contributed by atoms with van der Waals surface area (Å²) in [5.41, 5.74) is 1.59. The number of aromatic nitrogens is 2. The number of carbonyl (C=O) groups excluding carboxylic acids is 1. The number of nitrogens with zero attached hydrogens (tertiary/aromatic N) is 4. The number of rotatable bonds is 6. The highest BCUT2D eigenvalue weighted by atomic mass is 16.4. The summed E-state index contributed by atoms with van der Waals surface area (Å²) in [7, 11) is 2.05. The molecule has 0 saturated carbocycles. The van der Waals surface area contributed by atoms with Crippen molar-refractivity contribution in [2.45, 2.75) is 32.4 Å². The number of likely N-dealkylation sites (N-methyl/N-ethyl adjacent to an activating group) is 1. The molecule has 3 aromatic rings. The van der Waals surface area contributed by atoms with E-state index in [0.29, 0.717) is 23.9 Å². The predicted octanol–water partition coefficient (Wildman–Crippen LogP) is 2.64. The minimum Gasteiger partial charge on any atom is -0.423 e. The number of nitrogens with one attached hydrogen (secondary N) is 1. The van der Waals surface area contributed by atoms with Gasteiger partial charge in [0.25, 0.3) is 0 Å². The lowest BCUT2D eigenvalue weighted by Gasteiger charge is -2.29. The van der Waals surface area contributed by atoms with E-state index in [1.165, 1.54) is 6.92 Å². The van der Waals surface area contributed by atoms with Crippen LogP contribution in [-0.2, 0) is 11.3 Å². The molecule has 156 valence electrons. The van der Waals surface area contributed by atoms with Crippen molar-refractivity contribution < 1.29 is 9.21 Å². The number of hydrogen-bond donors (Lipinski definition) is 1. The van der Waals surface area contributed by atoms with Gasteiger partial charge in [-0.1, -0.05) is 0 Å². The van der Waals surface area contributed by atoms with Crippen LogP contribution >= 0.6 is 0 Å². The Morgan fingerprint density at radius 2 is 2.20 bits per heavy atom. The summed E-state index contributed by atoms with van der Waals surface area (Å²) >= 11 is 0. The van der Waals surface area contributed by atoms with Crippen molar-refractivity contribution in [2.75, 3.05) is 30.4 Å². The highest BCUT2D eigenvalue weighted by Gasteiger charge is 2.27. The van der Waals surface area contributed by atoms with E-state index in [4.69, 9.17) is 4.42 Å². The zero-order chi connectivity index (χ0) is 21.1. The Morgan fingerprint density at radius 3 is 2.97 bits per heavy atom. The van der Waals surface area contributed by atoms with Gasteiger partial charge in [-0.25, -0.2) is 4.79 Å². The lowest BCUT2D eigenvalue weighted by molar-refractivity contribution is -0.114.